The van der Waals surface area contributed by atoms with Crippen molar-refractivity contribution in [3.05, 3.63) is 59.8 Å². The molecule has 3 aromatic rings. The minimum absolute atomic E-state index is 0.136. The second kappa shape index (κ2) is 5.80. The second-order valence-corrected chi connectivity index (χ2v) is 4.50. The maximum absolute atomic E-state index is 12.8. The quantitative estimate of drug-likeness (QED) is 0.691. The van der Waals surface area contributed by atoms with Gasteiger partial charge in [0.2, 0.25) is 0 Å². The Labute approximate surface area is 125 Å². The molecule has 0 N–H and O–H groups in total. The molecule has 0 atom stereocenters. The van der Waals surface area contributed by atoms with Crippen LogP contribution in [0.25, 0.3) is 5.65 Å². The van der Waals surface area contributed by atoms with Crippen molar-refractivity contribution in [1.29, 1.82) is 0 Å². The van der Waals surface area contributed by atoms with Crippen LogP contribution < -0.4 is 4.74 Å². The number of halogens is 1. The maximum atomic E-state index is 12.8. The minimum atomic E-state index is -0.444. The molecule has 0 unspecified atom stereocenters. The van der Waals surface area contributed by atoms with Crippen LogP contribution in [0, 0.1) is 5.82 Å². The van der Waals surface area contributed by atoms with Crippen LogP contribution in [0.4, 0.5) is 4.39 Å². The fourth-order valence-corrected chi connectivity index (χ4v) is 1.95. The fraction of sp³-hybridized carbons (Fsp3) is 0.133. The molecule has 2 aromatic heterocycles. The van der Waals surface area contributed by atoms with Crippen molar-refractivity contribution in [3.63, 3.8) is 0 Å². The van der Waals surface area contributed by atoms with E-state index in [1.807, 2.05) is 0 Å². The van der Waals surface area contributed by atoms with Gasteiger partial charge in [0.1, 0.15) is 18.2 Å². The minimum Gasteiger partial charge on any atom is -0.486 e. The van der Waals surface area contributed by atoms with Crippen LogP contribution in [0.2, 0.25) is 0 Å². The molecule has 0 amide bonds. The first-order valence-electron chi connectivity index (χ1n) is 6.48. The van der Waals surface area contributed by atoms with Gasteiger partial charge in [0, 0.05) is 6.20 Å². The lowest BCUT2D eigenvalue weighted by Crippen LogP contribution is -2.05. The highest BCUT2D eigenvalue weighted by Gasteiger charge is 2.11. The Morgan fingerprint density at radius 3 is 2.68 bits per heavy atom. The lowest BCUT2D eigenvalue weighted by atomic mass is 10.3. The number of rotatable bonds is 4. The summed E-state index contributed by atoms with van der Waals surface area (Å²) in [4.78, 5) is 11.6. The van der Waals surface area contributed by atoms with Gasteiger partial charge in [0.25, 0.3) is 0 Å². The molecule has 0 bridgehead atoms. The number of methoxy groups -OCH3 is 1. The maximum Gasteiger partial charge on any atom is 0.339 e. The van der Waals surface area contributed by atoms with Gasteiger partial charge in [-0.3, -0.25) is 4.40 Å². The van der Waals surface area contributed by atoms with Crippen LogP contribution in [0.3, 0.4) is 0 Å². The first-order valence-corrected chi connectivity index (χ1v) is 6.48. The Morgan fingerprint density at radius 1 is 1.18 bits per heavy atom. The number of pyridine rings is 1. The molecule has 3 rings (SSSR count). The monoisotopic (exact) mass is 301 g/mol. The molecular formula is C15H12FN3O3. The smallest absolute Gasteiger partial charge is 0.339 e. The third-order valence-electron chi connectivity index (χ3n) is 3.08. The van der Waals surface area contributed by atoms with Gasteiger partial charge in [-0.1, -0.05) is 0 Å². The summed E-state index contributed by atoms with van der Waals surface area (Å²) < 4.78 is 24.7. The predicted molar refractivity (Wildman–Crippen MR) is 75.1 cm³/mol. The lowest BCUT2D eigenvalue weighted by Gasteiger charge is -2.05. The van der Waals surface area contributed by atoms with Crippen molar-refractivity contribution >= 4 is 11.6 Å². The number of carbonyl (C=O) groups excluding carboxylic acids is 1. The molecular weight excluding hydrogens is 289 g/mol. The molecule has 0 fully saturated rings. The molecule has 0 saturated heterocycles. The number of esters is 1. The van der Waals surface area contributed by atoms with Gasteiger partial charge in [-0.05, 0) is 36.4 Å². The number of aromatic nitrogens is 3. The zero-order valence-corrected chi connectivity index (χ0v) is 11.7. The average molecular weight is 301 g/mol. The Bertz CT molecular complexity index is 815. The number of nitrogens with zero attached hydrogens (tertiary/aromatic N) is 3. The average Bonchev–Trinajstić information content (AvgIpc) is 2.96. The van der Waals surface area contributed by atoms with E-state index in [9.17, 15) is 9.18 Å². The summed E-state index contributed by atoms with van der Waals surface area (Å²) in [6.45, 7) is 0.136. The van der Waals surface area contributed by atoms with Crippen molar-refractivity contribution < 1.29 is 18.7 Å². The van der Waals surface area contributed by atoms with Gasteiger partial charge in [-0.25, -0.2) is 9.18 Å². The van der Waals surface area contributed by atoms with Crippen LogP contribution in [0.5, 0.6) is 5.75 Å². The van der Waals surface area contributed by atoms with E-state index < -0.39 is 5.97 Å². The Balaban J connectivity index is 1.84. The highest BCUT2D eigenvalue weighted by atomic mass is 19.1. The zero-order chi connectivity index (χ0) is 15.5. The summed E-state index contributed by atoms with van der Waals surface area (Å²) in [5.41, 5.74) is 0.975. The Kier molecular flexibility index (Phi) is 3.69. The molecule has 0 radical (unpaired) electrons. The largest absolute Gasteiger partial charge is 0.486 e. The van der Waals surface area contributed by atoms with E-state index in [0.717, 1.165) is 0 Å². The van der Waals surface area contributed by atoms with Gasteiger partial charge in [0.05, 0.1) is 12.7 Å². The Morgan fingerprint density at radius 2 is 1.95 bits per heavy atom. The predicted octanol–water partition coefficient (Wildman–Crippen LogP) is 2.23. The number of benzene rings is 1. The normalized spacial score (nSPS) is 10.6. The number of carbonyl (C=O) groups is 1. The summed E-state index contributed by atoms with van der Waals surface area (Å²) in [5.74, 6) is 0.261. The van der Waals surface area contributed by atoms with Crippen LogP contribution in [-0.2, 0) is 11.3 Å². The molecule has 1 aromatic carbocycles. The molecule has 0 aliphatic heterocycles. The van der Waals surface area contributed by atoms with Crippen molar-refractivity contribution in [2.75, 3.05) is 7.11 Å². The summed E-state index contributed by atoms with van der Waals surface area (Å²) in [6.07, 6.45) is 1.59. The summed E-state index contributed by atoms with van der Waals surface area (Å²) in [5, 5.41) is 8.01. The molecule has 2 heterocycles. The van der Waals surface area contributed by atoms with E-state index >= 15 is 0 Å². The first kappa shape index (κ1) is 14.0. The second-order valence-electron chi connectivity index (χ2n) is 4.50. The molecule has 22 heavy (non-hydrogen) atoms. The van der Waals surface area contributed by atoms with Gasteiger partial charge < -0.3 is 9.47 Å². The number of fused-ring (bicyclic) bond motifs is 1. The van der Waals surface area contributed by atoms with Crippen LogP contribution in [-0.4, -0.2) is 27.7 Å². The standard InChI is InChI=1S/C15H12FN3O3/c1-21-15(20)10-2-7-13-17-18-14(19(13)8-10)9-22-12-5-3-11(16)4-6-12/h2-8H,9H2,1H3. The summed E-state index contributed by atoms with van der Waals surface area (Å²) in [7, 11) is 1.32. The van der Waals surface area contributed by atoms with E-state index in [-0.39, 0.29) is 12.4 Å². The van der Waals surface area contributed by atoms with Crippen LogP contribution in [0.15, 0.2) is 42.6 Å². The molecule has 6 nitrogen and oxygen atoms in total. The molecule has 0 aliphatic carbocycles. The lowest BCUT2D eigenvalue weighted by molar-refractivity contribution is 0.0600. The highest BCUT2D eigenvalue weighted by molar-refractivity contribution is 5.89. The summed E-state index contributed by atoms with van der Waals surface area (Å²) >= 11 is 0. The van der Waals surface area contributed by atoms with E-state index in [1.165, 1.54) is 31.4 Å². The van der Waals surface area contributed by atoms with Crippen LogP contribution >= 0.6 is 0 Å². The fourth-order valence-electron chi connectivity index (χ4n) is 1.95. The zero-order valence-electron chi connectivity index (χ0n) is 11.7. The Hall–Kier alpha value is -2.96. The van der Waals surface area contributed by atoms with Crippen molar-refractivity contribution in [2.24, 2.45) is 0 Å². The van der Waals surface area contributed by atoms with Crippen molar-refractivity contribution in [3.8, 4) is 5.75 Å². The number of ether oxygens (including phenoxy) is 2. The van der Waals surface area contributed by atoms with Crippen LogP contribution in [0.1, 0.15) is 16.2 Å². The SMILES string of the molecule is COC(=O)c1ccc2nnc(COc3ccc(F)cc3)n2c1. The van der Waals surface area contributed by atoms with Crippen molar-refractivity contribution in [2.45, 2.75) is 6.61 Å². The van der Waals surface area contributed by atoms with Crippen molar-refractivity contribution in [1.82, 2.24) is 14.6 Å². The molecule has 112 valence electrons. The third kappa shape index (κ3) is 2.73. The van der Waals surface area contributed by atoms with Gasteiger partial charge in [0.15, 0.2) is 11.5 Å². The molecule has 0 aliphatic rings. The van der Waals surface area contributed by atoms with Gasteiger partial charge in [-0.15, -0.1) is 10.2 Å². The highest BCUT2D eigenvalue weighted by Crippen LogP contribution is 2.14. The van der Waals surface area contributed by atoms with E-state index in [1.54, 1.807) is 22.7 Å². The van der Waals surface area contributed by atoms with E-state index in [2.05, 4.69) is 14.9 Å². The van der Waals surface area contributed by atoms with E-state index in [0.29, 0.717) is 22.8 Å². The number of hydrogen-bond acceptors (Lipinski definition) is 5. The van der Waals surface area contributed by atoms with Gasteiger partial charge in [-0.2, -0.15) is 0 Å². The van der Waals surface area contributed by atoms with Gasteiger partial charge >= 0.3 is 5.97 Å². The molecule has 7 heteroatoms. The third-order valence-corrected chi connectivity index (χ3v) is 3.08. The molecule has 0 spiro atoms. The summed E-state index contributed by atoms with van der Waals surface area (Å²) in [6, 6.07) is 8.96. The topological polar surface area (TPSA) is 65.7 Å². The first-order chi connectivity index (χ1) is 10.7. The number of hydrogen-bond donors (Lipinski definition) is 0. The molecule has 0 saturated carbocycles. The van der Waals surface area contributed by atoms with E-state index in [4.69, 9.17) is 4.74 Å².